The molecule has 5 heteroatoms. The first kappa shape index (κ1) is 19.6. The van der Waals surface area contributed by atoms with Crippen LogP contribution in [-0.4, -0.2) is 44.3 Å². The maximum atomic E-state index is 12.4. The minimum absolute atomic E-state index is 0.0198. The number of para-hydroxylation sites is 2. The highest BCUT2D eigenvalue weighted by Gasteiger charge is 2.27. The molecule has 0 heterocycles. The van der Waals surface area contributed by atoms with Crippen molar-refractivity contribution in [3.05, 3.63) is 24.3 Å². The van der Waals surface area contributed by atoms with Crippen molar-refractivity contribution in [2.75, 3.05) is 32.6 Å². The number of amides is 1. The van der Waals surface area contributed by atoms with Crippen LogP contribution in [0.15, 0.2) is 24.3 Å². The molecule has 1 aromatic rings. The molecule has 1 saturated carbocycles. The summed E-state index contributed by atoms with van der Waals surface area (Å²) in [6.07, 6.45) is 6.14. The fourth-order valence-corrected chi connectivity index (χ4v) is 3.37. The first-order valence-electron chi connectivity index (χ1n) is 9.44. The number of nitrogens with one attached hydrogen (secondary N) is 1. The second kappa shape index (κ2) is 10.3. The van der Waals surface area contributed by atoms with Gasteiger partial charge >= 0.3 is 6.09 Å². The van der Waals surface area contributed by atoms with Crippen LogP contribution in [0, 0.1) is 5.92 Å². The summed E-state index contributed by atoms with van der Waals surface area (Å²) in [7, 11) is 4.15. The standard InChI is InChI=1S/C20H32N2O3/c1-4-14-24-19-13-9-8-11-17(19)21-20(23)25-18-12-7-5-6-10-16(18)15-22(2)3/h8-9,11,13,16,18H,4-7,10,12,14-15H2,1-3H3,(H,21,23)/t16-,18-/m1/s1. The molecule has 1 aromatic carbocycles. The summed E-state index contributed by atoms with van der Waals surface area (Å²) in [6.45, 7) is 3.64. The van der Waals surface area contributed by atoms with Crippen molar-refractivity contribution in [3.8, 4) is 5.75 Å². The van der Waals surface area contributed by atoms with E-state index in [1.54, 1.807) is 0 Å². The number of anilines is 1. The van der Waals surface area contributed by atoms with Gasteiger partial charge in [0.05, 0.1) is 12.3 Å². The highest BCUT2D eigenvalue weighted by atomic mass is 16.6. The second-order valence-corrected chi connectivity index (χ2v) is 7.07. The lowest BCUT2D eigenvalue weighted by atomic mass is 9.97. The van der Waals surface area contributed by atoms with Gasteiger partial charge in [0, 0.05) is 12.5 Å². The molecular formula is C20H32N2O3. The summed E-state index contributed by atoms with van der Waals surface area (Å²) in [5.41, 5.74) is 0.665. The lowest BCUT2D eigenvalue weighted by Crippen LogP contribution is -2.34. The monoisotopic (exact) mass is 348 g/mol. The third-order valence-corrected chi connectivity index (χ3v) is 4.53. The molecule has 0 spiro atoms. The number of ether oxygens (including phenoxy) is 2. The van der Waals surface area contributed by atoms with E-state index < -0.39 is 0 Å². The van der Waals surface area contributed by atoms with Crippen LogP contribution in [0.2, 0.25) is 0 Å². The van der Waals surface area contributed by atoms with Gasteiger partial charge in [0.15, 0.2) is 0 Å². The van der Waals surface area contributed by atoms with Crippen LogP contribution < -0.4 is 10.1 Å². The zero-order valence-corrected chi connectivity index (χ0v) is 15.8. The fourth-order valence-electron chi connectivity index (χ4n) is 3.37. The molecular weight excluding hydrogens is 316 g/mol. The number of nitrogens with zero attached hydrogens (tertiary/aromatic N) is 1. The number of carbonyl (C=O) groups excluding carboxylic acids is 1. The van der Waals surface area contributed by atoms with Gasteiger partial charge in [-0.1, -0.05) is 31.9 Å². The normalized spacial score (nSPS) is 20.8. The molecule has 25 heavy (non-hydrogen) atoms. The molecule has 0 aliphatic heterocycles. The molecule has 0 unspecified atom stereocenters. The smallest absolute Gasteiger partial charge is 0.412 e. The summed E-state index contributed by atoms with van der Waals surface area (Å²) in [5.74, 6) is 1.09. The number of benzene rings is 1. The highest BCUT2D eigenvalue weighted by molar-refractivity contribution is 5.86. The number of carbonyl (C=O) groups is 1. The van der Waals surface area contributed by atoms with Crippen molar-refractivity contribution in [1.82, 2.24) is 4.90 Å². The van der Waals surface area contributed by atoms with Gasteiger partial charge < -0.3 is 14.4 Å². The molecule has 0 bridgehead atoms. The van der Waals surface area contributed by atoms with Gasteiger partial charge in [0.2, 0.25) is 0 Å². The Hall–Kier alpha value is -1.75. The van der Waals surface area contributed by atoms with E-state index in [1.807, 2.05) is 24.3 Å². The molecule has 1 fully saturated rings. The van der Waals surface area contributed by atoms with Gasteiger partial charge in [-0.15, -0.1) is 0 Å². The van der Waals surface area contributed by atoms with Crippen LogP contribution in [0.5, 0.6) is 5.75 Å². The van der Waals surface area contributed by atoms with Gasteiger partial charge in [-0.05, 0) is 51.9 Å². The number of rotatable bonds is 7. The summed E-state index contributed by atoms with van der Waals surface area (Å²) < 4.78 is 11.5. The quantitative estimate of drug-likeness (QED) is 0.735. The Morgan fingerprint density at radius 3 is 2.72 bits per heavy atom. The van der Waals surface area contributed by atoms with Gasteiger partial charge in [-0.25, -0.2) is 4.79 Å². The van der Waals surface area contributed by atoms with Crippen LogP contribution in [-0.2, 0) is 4.74 Å². The molecule has 1 amide bonds. The Kier molecular flexibility index (Phi) is 8.06. The van der Waals surface area contributed by atoms with E-state index in [1.165, 1.54) is 12.8 Å². The zero-order chi connectivity index (χ0) is 18.1. The number of hydrogen-bond acceptors (Lipinski definition) is 4. The minimum atomic E-state index is -0.386. The minimum Gasteiger partial charge on any atom is -0.491 e. The predicted octanol–water partition coefficient (Wildman–Crippen LogP) is 4.53. The largest absolute Gasteiger partial charge is 0.491 e. The van der Waals surface area contributed by atoms with Gasteiger partial charge in [-0.3, -0.25) is 5.32 Å². The van der Waals surface area contributed by atoms with Crippen molar-refractivity contribution >= 4 is 11.8 Å². The van der Waals surface area contributed by atoms with Crippen molar-refractivity contribution in [1.29, 1.82) is 0 Å². The summed E-state index contributed by atoms with van der Waals surface area (Å²) in [4.78, 5) is 14.6. The molecule has 2 rings (SSSR count). The van der Waals surface area contributed by atoms with Gasteiger partial charge in [0.25, 0.3) is 0 Å². The van der Waals surface area contributed by atoms with Crippen molar-refractivity contribution in [2.45, 2.75) is 51.6 Å². The Bertz CT molecular complexity index is 533. The maximum absolute atomic E-state index is 12.4. The summed E-state index contributed by atoms with van der Waals surface area (Å²) in [6, 6.07) is 7.50. The van der Waals surface area contributed by atoms with Crippen LogP contribution in [0.25, 0.3) is 0 Å². The zero-order valence-electron chi connectivity index (χ0n) is 15.8. The van der Waals surface area contributed by atoms with E-state index in [0.717, 1.165) is 32.2 Å². The summed E-state index contributed by atoms with van der Waals surface area (Å²) in [5, 5.41) is 2.86. The van der Waals surface area contributed by atoms with Crippen molar-refractivity contribution in [3.63, 3.8) is 0 Å². The second-order valence-electron chi connectivity index (χ2n) is 7.07. The van der Waals surface area contributed by atoms with E-state index in [4.69, 9.17) is 9.47 Å². The van der Waals surface area contributed by atoms with Crippen LogP contribution >= 0.6 is 0 Å². The summed E-state index contributed by atoms with van der Waals surface area (Å²) >= 11 is 0. The molecule has 5 nitrogen and oxygen atoms in total. The van der Waals surface area contributed by atoms with E-state index in [2.05, 4.69) is 31.2 Å². The molecule has 140 valence electrons. The van der Waals surface area contributed by atoms with Crippen molar-refractivity contribution < 1.29 is 14.3 Å². The number of hydrogen-bond donors (Lipinski definition) is 1. The topological polar surface area (TPSA) is 50.8 Å². The highest BCUT2D eigenvalue weighted by Crippen LogP contribution is 2.28. The molecule has 0 saturated heterocycles. The van der Waals surface area contributed by atoms with Crippen LogP contribution in [0.3, 0.4) is 0 Å². The van der Waals surface area contributed by atoms with E-state index in [9.17, 15) is 4.79 Å². The first-order valence-corrected chi connectivity index (χ1v) is 9.44. The van der Waals surface area contributed by atoms with E-state index in [-0.39, 0.29) is 12.2 Å². The third kappa shape index (κ3) is 6.58. The van der Waals surface area contributed by atoms with Gasteiger partial charge in [-0.2, -0.15) is 0 Å². The molecule has 2 atom stereocenters. The van der Waals surface area contributed by atoms with Crippen molar-refractivity contribution in [2.24, 2.45) is 5.92 Å². The lowest BCUT2D eigenvalue weighted by Gasteiger charge is -2.27. The lowest BCUT2D eigenvalue weighted by molar-refractivity contribution is 0.0569. The Balaban J connectivity index is 1.98. The van der Waals surface area contributed by atoms with E-state index >= 15 is 0 Å². The molecule has 0 radical (unpaired) electrons. The van der Waals surface area contributed by atoms with Gasteiger partial charge in [0.1, 0.15) is 11.9 Å². The Labute approximate surface area is 151 Å². The average Bonchev–Trinajstić information content (AvgIpc) is 2.79. The molecule has 1 aliphatic carbocycles. The third-order valence-electron chi connectivity index (χ3n) is 4.53. The molecule has 1 aliphatic rings. The average molecular weight is 348 g/mol. The molecule has 0 aromatic heterocycles. The Morgan fingerprint density at radius 1 is 1.20 bits per heavy atom. The van der Waals surface area contributed by atoms with Crippen LogP contribution in [0.4, 0.5) is 10.5 Å². The Morgan fingerprint density at radius 2 is 1.96 bits per heavy atom. The first-order chi connectivity index (χ1) is 12.1. The molecule has 1 N–H and O–H groups in total. The van der Waals surface area contributed by atoms with Crippen LogP contribution in [0.1, 0.15) is 45.4 Å². The SMILES string of the molecule is CCCOc1ccccc1NC(=O)O[C@@H]1CCCCC[C@@H]1CN(C)C. The maximum Gasteiger partial charge on any atom is 0.412 e. The van der Waals surface area contributed by atoms with E-state index in [0.29, 0.717) is 24.0 Å². The fraction of sp³-hybridized carbons (Fsp3) is 0.650. The predicted molar refractivity (Wildman–Crippen MR) is 101 cm³/mol.